The van der Waals surface area contributed by atoms with Crippen LogP contribution >= 0.6 is 12.4 Å². The third kappa shape index (κ3) is 1.56. The first-order valence-corrected chi connectivity index (χ1v) is 3.68. The topological polar surface area (TPSA) is 12.9 Å². The standard InChI is InChI=1S/C10H9N.ClH/c1-8-4-5-10-9(7-8)3-2-6-11-10;/h2-7H,1H3;1H. The van der Waals surface area contributed by atoms with Crippen LogP contribution in [0.3, 0.4) is 0 Å². The number of halogens is 1. The largest absolute Gasteiger partial charge is 0.256 e. The number of pyridine rings is 1. The van der Waals surface area contributed by atoms with Gasteiger partial charge in [0.15, 0.2) is 0 Å². The number of fused-ring (bicyclic) bond motifs is 1. The van der Waals surface area contributed by atoms with Crippen molar-refractivity contribution in [2.75, 3.05) is 0 Å². The molecule has 0 aliphatic carbocycles. The Kier molecular flexibility index (Phi) is 2.66. The van der Waals surface area contributed by atoms with Crippen molar-refractivity contribution < 1.29 is 0 Å². The number of aromatic nitrogens is 1. The van der Waals surface area contributed by atoms with Gasteiger partial charge in [0.25, 0.3) is 0 Å². The van der Waals surface area contributed by atoms with Gasteiger partial charge < -0.3 is 0 Å². The highest BCUT2D eigenvalue weighted by atomic mass is 35.5. The third-order valence-corrected chi connectivity index (χ3v) is 1.76. The smallest absolute Gasteiger partial charge is 0.0702 e. The van der Waals surface area contributed by atoms with Crippen LogP contribution in [0, 0.1) is 6.92 Å². The Balaban J connectivity index is 0.000000720. The second-order valence-corrected chi connectivity index (χ2v) is 2.70. The molecule has 0 aliphatic rings. The zero-order chi connectivity index (χ0) is 7.68. The van der Waals surface area contributed by atoms with Gasteiger partial charge in [0.05, 0.1) is 5.52 Å². The van der Waals surface area contributed by atoms with E-state index in [-0.39, 0.29) is 12.4 Å². The molecule has 62 valence electrons. The molecule has 0 radical (unpaired) electrons. The molecule has 0 unspecified atom stereocenters. The van der Waals surface area contributed by atoms with Crippen molar-refractivity contribution in [3.05, 3.63) is 42.1 Å². The molecule has 2 aromatic rings. The molecule has 0 aliphatic heterocycles. The number of hydrogen-bond acceptors (Lipinski definition) is 1. The third-order valence-electron chi connectivity index (χ3n) is 1.76. The Labute approximate surface area is 77.9 Å². The molecule has 0 bridgehead atoms. The van der Waals surface area contributed by atoms with Crippen LogP contribution in [-0.2, 0) is 0 Å². The van der Waals surface area contributed by atoms with Gasteiger partial charge in [-0.1, -0.05) is 17.7 Å². The van der Waals surface area contributed by atoms with Crippen molar-refractivity contribution >= 4 is 23.3 Å². The fourth-order valence-corrected chi connectivity index (χ4v) is 1.20. The highest BCUT2D eigenvalue weighted by molar-refractivity contribution is 5.85. The summed E-state index contributed by atoms with van der Waals surface area (Å²) < 4.78 is 0. The highest BCUT2D eigenvalue weighted by Gasteiger charge is 1.90. The highest BCUT2D eigenvalue weighted by Crippen LogP contribution is 2.11. The summed E-state index contributed by atoms with van der Waals surface area (Å²) in [5.74, 6) is 0. The summed E-state index contributed by atoms with van der Waals surface area (Å²) in [5.41, 5.74) is 2.35. The molecule has 0 spiro atoms. The van der Waals surface area contributed by atoms with Crippen LogP contribution in [0.4, 0.5) is 0 Å². The van der Waals surface area contributed by atoms with Gasteiger partial charge in [-0.15, -0.1) is 12.4 Å². The molecule has 1 aromatic heterocycles. The summed E-state index contributed by atoms with van der Waals surface area (Å²) in [6, 6.07) is 10.3. The normalized spacial score (nSPS) is 9.42. The molecule has 0 saturated carbocycles. The summed E-state index contributed by atoms with van der Waals surface area (Å²) in [6.07, 6.45) is 1.82. The van der Waals surface area contributed by atoms with E-state index in [2.05, 4.69) is 30.1 Å². The van der Waals surface area contributed by atoms with Crippen molar-refractivity contribution in [3.63, 3.8) is 0 Å². The van der Waals surface area contributed by atoms with Gasteiger partial charge in [-0.05, 0) is 25.1 Å². The van der Waals surface area contributed by atoms with Gasteiger partial charge in [0, 0.05) is 11.6 Å². The Morgan fingerprint density at radius 3 is 2.83 bits per heavy atom. The summed E-state index contributed by atoms with van der Waals surface area (Å²) in [6.45, 7) is 2.09. The molecule has 0 fully saturated rings. The van der Waals surface area contributed by atoms with Crippen molar-refractivity contribution in [1.29, 1.82) is 0 Å². The maximum absolute atomic E-state index is 4.22. The average Bonchev–Trinajstić information content (AvgIpc) is 2.04. The SMILES string of the molecule is Cc1ccc2ncccc2c1.Cl. The van der Waals surface area contributed by atoms with Gasteiger partial charge >= 0.3 is 0 Å². The second kappa shape index (κ2) is 3.55. The van der Waals surface area contributed by atoms with Gasteiger partial charge in [0.1, 0.15) is 0 Å². The second-order valence-electron chi connectivity index (χ2n) is 2.70. The van der Waals surface area contributed by atoms with E-state index in [0.29, 0.717) is 0 Å². The first-order chi connectivity index (χ1) is 5.36. The van der Waals surface area contributed by atoms with E-state index in [1.165, 1.54) is 10.9 Å². The number of rotatable bonds is 0. The Hall–Kier alpha value is -1.08. The lowest BCUT2D eigenvalue weighted by Gasteiger charge is -1.95. The van der Waals surface area contributed by atoms with Crippen LogP contribution < -0.4 is 0 Å². The molecule has 1 aromatic carbocycles. The van der Waals surface area contributed by atoms with Crippen molar-refractivity contribution in [1.82, 2.24) is 4.98 Å². The lowest BCUT2D eigenvalue weighted by atomic mass is 10.1. The monoisotopic (exact) mass is 179 g/mol. The molecule has 1 heterocycles. The molecular formula is C10H10ClN. The van der Waals surface area contributed by atoms with Crippen molar-refractivity contribution in [2.45, 2.75) is 6.92 Å². The maximum atomic E-state index is 4.22. The molecule has 2 heteroatoms. The van der Waals surface area contributed by atoms with Crippen molar-refractivity contribution in [3.8, 4) is 0 Å². The van der Waals surface area contributed by atoms with E-state index in [1.54, 1.807) is 0 Å². The van der Waals surface area contributed by atoms with Gasteiger partial charge in [-0.25, -0.2) is 0 Å². The Bertz CT molecular complexity index is 384. The summed E-state index contributed by atoms with van der Waals surface area (Å²) in [5, 5.41) is 1.22. The lowest BCUT2D eigenvalue weighted by molar-refractivity contribution is 1.39. The fraction of sp³-hybridized carbons (Fsp3) is 0.100. The molecule has 0 amide bonds. The number of hydrogen-bond donors (Lipinski definition) is 0. The minimum atomic E-state index is 0. The first-order valence-electron chi connectivity index (χ1n) is 3.68. The molecule has 0 N–H and O–H groups in total. The van der Waals surface area contributed by atoms with Crippen LogP contribution in [0.25, 0.3) is 10.9 Å². The zero-order valence-corrected chi connectivity index (χ0v) is 7.64. The van der Waals surface area contributed by atoms with E-state index in [1.807, 2.05) is 18.3 Å². The Morgan fingerprint density at radius 1 is 1.17 bits per heavy atom. The predicted octanol–water partition coefficient (Wildman–Crippen LogP) is 2.97. The van der Waals surface area contributed by atoms with E-state index >= 15 is 0 Å². The molecule has 12 heavy (non-hydrogen) atoms. The maximum Gasteiger partial charge on any atom is 0.0702 e. The molecule has 0 saturated heterocycles. The fourth-order valence-electron chi connectivity index (χ4n) is 1.20. The van der Waals surface area contributed by atoms with E-state index in [0.717, 1.165) is 5.52 Å². The summed E-state index contributed by atoms with van der Waals surface area (Å²) in [4.78, 5) is 4.22. The van der Waals surface area contributed by atoms with Gasteiger partial charge in [-0.2, -0.15) is 0 Å². The number of nitrogens with zero attached hydrogens (tertiary/aromatic N) is 1. The average molecular weight is 180 g/mol. The summed E-state index contributed by atoms with van der Waals surface area (Å²) >= 11 is 0. The number of benzene rings is 1. The van der Waals surface area contributed by atoms with Crippen molar-refractivity contribution in [2.24, 2.45) is 0 Å². The minimum Gasteiger partial charge on any atom is -0.256 e. The molecular weight excluding hydrogens is 170 g/mol. The van der Waals surface area contributed by atoms with Crippen LogP contribution in [0.1, 0.15) is 5.56 Å². The van der Waals surface area contributed by atoms with Crippen LogP contribution in [0.2, 0.25) is 0 Å². The van der Waals surface area contributed by atoms with Crippen LogP contribution in [-0.4, -0.2) is 4.98 Å². The lowest BCUT2D eigenvalue weighted by Crippen LogP contribution is -1.77. The van der Waals surface area contributed by atoms with Gasteiger partial charge in [0.2, 0.25) is 0 Å². The van der Waals surface area contributed by atoms with E-state index in [9.17, 15) is 0 Å². The van der Waals surface area contributed by atoms with E-state index in [4.69, 9.17) is 0 Å². The molecule has 1 nitrogen and oxygen atoms in total. The molecule has 0 atom stereocenters. The zero-order valence-electron chi connectivity index (χ0n) is 6.82. The predicted molar refractivity (Wildman–Crippen MR) is 53.7 cm³/mol. The molecule has 2 rings (SSSR count). The minimum absolute atomic E-state index is 0. The summed E-state index contributed by atoms with van der Waals surface area (Å²) in [7, 11) is 0. The van der Waals surface area contributed by atoms with Crippen LogP contribution in [0.15, 0.2) is 36.5 Å². The Morgan fingerprint density at radius 2 is 2.00 bits per heavy atom. The number of aryl methyl sites for hydroxylation is 1. The van der Waals surface area contributed by atoms with Gasteiger partial charge in [-0.3, -0.25) is 4.98 Å². The van der Waals surface area contributed by atoms with Crippen LogP contribution in [0.5, 0.6) is 0 Å². The van der Waals surface area contributed by atoms with E-state index < -0.39 is 0 Å². The quantitative estimate of drug-likeness (QED) is 0.606. The first kappa shape index (κ1) is 9.01.